The van der Waals surface area contributed by atoms with E-state index in [1.165, 1.54) is 18.4 Å². The van der Waals surface area contributed by atoms with Crippen molar-refractivity contribution in [2.45, 2.75) is 37.8 Å². The van der Waals surface area contributed by atoms with Crippen LogP contribution in [0.15, 0.2) is 41.9 Å². The highest BCUT2D eigenvalue weighted by atomic mass is 15.1. The Bertz CT molecular complexity index is 1320. The van der Waals surface area contributed by atoms with Gasteiger partial charge in [-0.3, -0.25) is 9.98 Å². The minimum Gasteiger partial charge on any atom is -0.341 e. The van der Waals surface area contributed by atoms with E-state index in [9.17, 15) is 0 Å². The highest BCUT2D eigenvalue weighted by Crippen LogP contribution is 2.46. The second-order valence-corrected chi connectivity index (χ2v) is 9.17. The fourth-order valence-electron chi connectivity index (χ4n) is 5.34. The molecule has 2 aliphatic rings. The van der Waals surface area contributed by atoms with Crippen LogP contribution in [0, 0.1) is 5.92 Å². The molecule has 0 radical (unpaired) electrons. The summed E-state index contributed by atoms with van der Waals surface area (Å²) >= 11 is 0. The predicted molar refractivity (Wildman–Crippen MR) is 131 cm³/mol. The van der Waals surface area contributed by atoms with E-state index in [1.54, 1.807) is 6.20 Å². The van der Waals surface area contributed by atoms with E-state index in [4.69, 9.17) is 9.97 Å². The van der Waals surface area contributed by atoms with Crippen LogP contribution in [0.1, 0.15) is 43.0 Å². The molecule has 1 saturated carbocycles. The number of hydrogen-bond acceptors (Lipinski definition) is 7. The third kappa shape index (κ3) is 3.50. The van der Waals surface area contributed by atoms with Crippen molar-refractivity contribution < 1.29 is 0 Å². The van der Waals surface area contributed by atoms with Crippen LogP contribution in [-0.4, -0.2) is 57.3 Å². The number of hydrogen-bond donors (Lipinski definition) is 3. The maximum atomic E-state index is 4.93. The first-order chi connectivity index (χ1) is 16.2. The third-order valence-electron chi connectivity index (χ3n) is 7.37. The molecule has 4 atom stereocenters. The van der Waals surface area contributed by atoms with Gasteiger partial charge >= 0.3 is 0 Å². The molecule has 168 valence electrons. The summed E-state index contributed by atoms with van der Waals surface area (Å²) in [5.74, 6) is 1.81. The van der Waals surface area contributed by atoms with Crippen molar-refractivity contribution in [3.05, 3.63) is 48.2 Å². The van der Waals surface area contributed by atoms with Crippen molar-refractivity contribution in [2.75, 3.05) is 19.6 Å². The molecule has 6 rings (SSSR count). The van der Waals surface area contributed by atoms with Crippen LogP contribution in [0.2, 0.25) is 0 Å². The second kappa shape index (κ2) is 8.28. The van der Waals surface area contributed by atoms with Crippen LogP contribution in [0.4, 0.5) is 0 Å². The van der Waals surface area contributed by atoms with E-state index in [1.807, 2.05) is 31.6 Å². The molecule has 4 unspecified atom stereocenters. The number of fused-ring (bicyclic) bond motifs is 2. The molecule has 1 saturated heterocycles. The smallest absolute Gasteiger partial charge is 0.160 e. The molecule has 0 amide bonds. The first-order valence-corrected chi connectivity index (χ1v) is 11.7. The quantitative estimate of drug-likeness (QED) is 0.411. The van der Waals surface area contributed by atoms with Crippen LogP contribution >= 0.6 is 0 Å². The Kier molecular flexibility index (Phi) is 5.11. The molecule has 1 aliphatic carbocycles. The summed E-state index contributed by atoms with van der Waals surface area (Å²) in [5, 5.41) is 9.32. The molecule has 1 aliphatic heterocycles. The van der Waals surface area contributed by atoms with E-state index in [2.05, 4.69) is 43.4 Å². The van der Waals surface area contributed by atoms with Crippen molar-refractivity contribution in [1.82, 2.24) is 35.6 Å². The Balaban J connectivity index is 1.37. The van der Waals surface area contributed by atoms with Crippen LogP contribution in [0.25, 0.3) is 33.3 Å². The molecule has 8 nitrogen and oxygen atoms in total. The molecule has 0 spiro atoms. The molecule has 33 heavy (non-hydrogen) atoms. The number of piperazine rings is 1. The van der Waals surface area contributed by atoms with Gasteiger partial charge in [0.05, 0.1) is 17.8 Å². The number of aliphatic imine (C=N–C) groups is 1. The van der Waals surface area contributed by atoms with Gasteiger partial charge in [-0.05, 0) is 56.0 Å². The first-order valence-electron chi connectivity index (χ1n) is 11.7. The summed E-state index contributed by atoms with van der Waals surface area (Å²) in [6, 6.07) is 4.53. The standard InChI is InChI=1S/C25H28N8/c1-14(26-2)21-9-18-17(5-6-30-25(18)32-21)24-31-11-20-19(10-28-13-23(20)33-24)15-3-4-16(15)22-12-27-7-8-29-22/h5-6,9-11,13-16,22,27,29H,2-4,7-8,12H2,1H3,(H,30,32). The number of nitrogens with zero attached hydrogens (tertiary/aromatic N) is 5. The van der Waals surface area contributed by atoms with Gasteiger partial charge in [0.15, 0.2) is 5.82 Å². The number of aromatic amines is 1. The number of aromatic nitrogens is 5. The van der Waals surface area contributed by atoms with Gasteiger partial charge in [0, 0.05) is 66.3 Å². The van der Waals surface area contributed by atoms with Crippen molar-refractivity contribution in [2.24, 2.45) is 10.9 Å². The lowest BCUT2D eigenvalue weighted by molar-refractivity contribution is 0.172. The average Bonchev–Trinajstić information content (AvgIpc) is 3.28. The summed E-state index contributed by atoms with van der Waals surface area (Å²) in [6.07, 6.45) is 10.1. The number of rotatable bonds is 5. The molecule has 0 aromatic carbocycles. The Morgan fingerprint density at radius 2 is 2.06 bits per heavy atom. The summed E-state index contributed by atoms with van der Waals surface area (Å²) in [4.78, 5) is 26.2. The number of pyridine rings is 2. The Hall–Kier alpha value is -3.23. The van der Waals surface area contributed by atoms with Crippen LogP contribution in [0.3, 0.4) is 0 Å². The molecule has 8 heteroatoms. The zero-order valence-electron chi connectivity index (χ0n) is 18.8. The largest absolute Gasteiger partial charge is 0.341 e. The number of H-pyrrole nitrogens is 1. The van der Waals surface area contributed by atoms with Gasteiger partial charge in [0.25, 0.3) is 0 Å². The van der Waals surface area contributed by atoms with Crippen LogP contribution in [-0.2, 0) is 0 Å². The van der Waals surface area contributed by atoms with E-state index >= 15 is 0 Å². The normalized spacial score (nSPS) is 24.0. The SMILES string of the molecule is C=NC(C)c1cc2c(-c3ncc4c(C5CCC5C5CNCCN5)cncc4n3)ccnc2[nH]1. The van der Waals surface area contributed by atoms with Gasteiger partial charge in [-0.25, -0.2) is 15.0 Å². The van der Waals surface area contributed by atoms with Gasteiger partial charge < -0.3 is 15.6 Å². The van der Waals surface area contributed by atoms with Gasteiger partial charge in [0.2, 0.25) is 0 Å². The van der Waals surface area contributed by atoms with Gasteiger partial charge in [-0.1, -0.05) is 0 Å². The highest BCUT2D eigenvalue weighted by molar-refractivity contribution is 5.93. The highest BCUT2D eigenvalue weighted by Gasteiger charge is 2.39. The summed E-state index contributed by atoms with van der Waals surface area (Å²) in [6.45, 7) is 8.79. The van der Waals surface area contributed by atoms with E-state index in [-0.39, 0.29) is 6.04 Å². The topological polar surface area (TPSA) is 104 Å². The van der Waals surface area contributed by atoms with Crippen LogP contribution in [0.5, 0.6) is 0 Å². The van der Waals surface area contributed by atoms with E-state index in [0.29, 0.717) is 23.7 Å². The molecular formula is C25H28N8. The van der Waals surface area contributed by atoms with E-state index < -0.39 is 0 Å². The lowest BCUT2D eigenvalue weighted by Crippen LogP contribution is -2.55. The lowest BCUT2D eigenvalue weighted by Gasteiger charge is -2.44. The monoisotopic (exact) mass is 440 g/mol. The van der Waals surface area contributed by atoms with Crippen LogP contribution < -0.4 is 10.6 Å². The molecular weight excluding hydrogens is 412 g/mol. The zero-order valence-corrected chi connectivity index (χ0v) is 18.8. The van der Waals surface area contributed by atoms with E-state index in [0.717, 1.165) is 52.8 Å². The molecule has 3 N–H and O–H groups in total. The van der Waals surface area contributed by atoms with Crippen molar-refractivity contribution in [1.29, 1.82) is 0 Å². The maximum absolute atomic E-state index is 4.93. The zero-order chi connectivity index (χ0) is 22.4. The number of nitrogens with one attached hydrogen (secondary N) is 3. The second-order valence-electron chi connectivity index (χ2n) is 9.17. The van der Waals surface area contributed by atoms with Crippen molar-refractivity contribution in [3.63, 3.8) is 0 Å². The van der Waals surface area contributed by atoms with Crippen molar-refractivity contribution >= 4 is 28.7 Å². The molecule has 5 heterocycles. The summed E-state index contributed by atoms with van der Waals surface area (Å²) < 4.78 is 0. The Morgan fingerprint density at radius 1 is 1.12 bits per heavy atom. The lowest BCUT2D eigenvalue weighted by atomic mass is 9.66. The fraction of sp³-hybridized carbons (Fsp3) is 0.400. The summed E-state index contributed by atoms with van der Waals surface area (Å²) in [5.41, 5.74) is 4.90. The first kappa shape index (κ1) is 20.4. The Labute approximate surface area is 192 Å². The minimum absolute atomic E-state index is 0.0272. The molecule has 2 fully saturated rings. The average molecular weight is 441 g/mol. The van der Waals surface area contributed by atoms with Gasteiger partial charge in [-0.15, -0.1) is 0 Å². The third-order valence-corrected chi connectivity index (χ3v) is 7.37. The van der Waals surface area contributed by atoms with Gasteiger partial charge in [0.1, 0.15) is 5.65 Å². The van der Waals surface area contributed by atoms with Gasteiger partial charge in [-0.2, -0.15) is 0 Å². The molecule has 4 aromatic rings. The maximum Gasteiger partial charge on any atom is 0.160 e. The molecule has 4 aromatic heterocycles. The summed E-state index contributed by atoms with van der Waals surface area (Å²) in [7, 11) is 0. The minimum atomic E-state index is -0.0272. The predicted octanol–water partition coefficient (Wildman–Crippen LogP) is 3.38. The van der Waals surface area contributed by atoms with Crippen molar-refractivity contribution in [3.8, 4) is 11.4 Å². The fourth-order valence-corrected chi connectivity index (χ4v) is 5.34. The molecule has 0 bridgehead atoms. The Morgan fingerprint density at radius 3 is 2.85 bits per heavy atom.